The van der Waals surface area contributed by atoms with E-state index in [1.54, 1.807) is 7.11 Å². The third kappa shape index (κ3) is 3.60. The maximum Gasteiger partial charge on any atom is 0.231 e. The van der Waals surface area contributed by atoms with Crippen LogP contribution in [0, 0.1) is 0 Å². The van der Waals surface area contributed by atoms with E-state index in [4.69, 9.17) is 14.2 Å². The molecule has 4 nitrogen and oxygen atoms in total. The molecule has 1 aromatic carbocycles. The summed E-state index contributed by atoms with van der Waals surface area (Å²) in [5, 5.41) is 3.41. The molecule has 0 amide bonds. The number of unbranched alkanes of at least 4 members (excludes halogenated alkanes) is 1. The number of hydrogen-bond donors (Lipinski definition) is 1. The normalized spacial score (nSPS) is 13.0. The van der Waals surface area contributed by atoms with E-state index in [0.29, 0.717) is 6.79 Å². The van der Waals surface area contributed by atoms with Crippen molar-refractivity contribution in [2.75, 3.05) is 27.1 Å². The highest BCUT2D eigenvalue weighted by atomic mass is 79.9. The Hall–Kier alpha value is -0.780. The van der Waals surface area contributed by atoms with Crippen LogP contribution in [0.1, 0.15) is 18.4 Å². The Morgan fingerprint density at radius 2 is 2.22 bits per heavy atom. The van der Waals surface area contributed by atoms with Crippen LogP contribution in [-0.4, -0.2) is 27.1 Å². The molecular weight excluding hydrogens is 298 g/mol. The molecule has 5 heteroatoms. The van der Waals surface area contributed by atoms with E-state index >= 15 is 0 Å². The van der Waals surface area contributed by atoms with E-state index in [1.165, 1.54) is 5.56 Å². The lowest BCUT2D eigenvalue weighted by Crippen LogP contribution is -2.15. The summed E-state index contributed by atoms with van der Waals surface area (Å²) in [5.41, 5.74) is 1.19. The summed E-state index contributed by atoms with van der Waals surface area (Å²) >= 11 is 3.49. The van der Waals surface area contributed by atoms with Crippen molar-refractivity contribution in [2.24, 2.45) is 0 Å². The maximum atomic E-state index is 5.38. The molecule has 0 unspecified atom stereocenters. The maximum absolute atomic E-state index is 5.38. The number of rotatable bonds is 7. The number of benzene rings is 1. The highest BCUT2D eigenvalue weighted by Crippen LogP contribution is 2.39. The zero-order chi connectivity index (χ0) is 12.8. The fourth-order valence-corrected chi connectivity index (χ4v) is 2.46. The number of ether oxygens (including phenoxy) is 3. The molecular formula is C13H18BrNO3. The first-order chi connectivity index (χ1) is 8.81. The van der Waals surface area contributed by atoms with Crippen molar-refractivity contribution < 1.29 is 14.2 Å². The second kappa shape index (κ2) is 6.97. The van der Waals surface area contributed by atoms with Gasteiger partial charge in [-0.1, -0.05) is 0 Å². The first-order valence-electron chi connectivity index (χ1n) is 6.09. The van der Waals surface area contributed by atoms with E-state index in [-0.39, 0.29) is 0 Å². The van der Waals surface area contributed by atoms with Crippen LogP contribution in [0.4, 0.5) is 0 Å². The van der Waals surface area contributed by atoms with Crippen LogP contribution in [0.2, 0.25) is 0 Å². The molecule has 0 saturated carbocycles. The number of methoxy groups -OCH3 is 1. The quantitative estimate of drug-likeness (QED) is 0.785. The molecule has 0 aromatic heterocycles. The summed E-state index contributed by atoms with van der Waals surface area (Å²) in [4.78, 5) is 0. The van der Waals surface area contributed by atoms with Gasteiger partial charge < -0.3 is 19.5 Å². The van der Waals surface area contributed by atoms with Gasteiger partial charge in [0.25, 0.3) is 0 Å². The van der Waals surface area contributed by atoms with Crippen molar-refractivity contribution in [2.45, 2.75) is 19.4 Å². The number of fused-ring (bicyclic) bond motifs is 1. The Bertz CT molecular complexity index is 398. The smallest absolute Gasteiger partial charge is 0.231 e. The van der Waals surface area contributed by atoms with Gasteiger partial charge in [-0.05, 0) is 53.0 Å². The Kier molecular flexibility index (Phi) is 5.28. The van der Waals surface area contributed by atoms with Crippen LogP contribution in [0.15, 0.2) is 16.6 Å². The lowest BCUT2D eigenvalue weighted by molar-refractivity contribution is 0.173. The molecule has 0 atom stereocenters. The van der Waals surface area contributed by atoms with Gasteiger partial charge in [-0.15, -0.1) is 0 Å². The number of hydrogen-bond acceptors (Lipinski definition) is 4. The summed E-state index contributed by atoms with van der Waals surface area (Å²) in [6.45, 7) is 2.97. The predicted molar refractivity (Wildman–Crippen MR) is 73.1 cm³/mol. The van der Waals surface area contributed by atoms with Crippen molar-refractivity contribution in [3.63, 3.8) is 0 Å². The van der Waals surface area contributed by atoms with Crippen LogP contribution in [0.25, 0.3) is 0 Å². The molecule has 0 radical (unpaired) electrons. The highest BCUT2D eigenvalue weighted by Gasteiger charge is 2.17. The average molecular weight is 316 g/mol. The second-order valence-electron chi connectivity index (χ2n) is 4.19. The van der Waals surface area contributed by atoms with Gasteiger partial charge in [-0.3, -0.25) is 0 Å². The van der Waals surface area contributed by atoms with E-state index < -0.39 is 0 Å². The lowest BCUT2D eigenvalue weighted by atomic mass is 10.2. The Morgan fingerprint density at radius 3 is 3.06 bits per heavy atom. The topological polar surface area (TPSA) is 39.7 Å². The van der Waals surface area contributed by atoms with Crippen molar-refractivity contribution in [3.05, 3.63) is 22.2 Å². The van der Waals surface area contributed by atoms with Crippen molar-refractivity contribution in [1.29, 1.82) is 0 Å². The van der Waals surface area contributed by atoms with Gasteiger partial charge in [0.1, 0.15) is 0 Å². The third-order valence-corrected chi connectivity index (χ3v) is 3.36. The molecule has 100 valence electrons. The van der Waals surface area contributed by atoms with Crippen molar-refractivity contribution >= 4 is 15.9 Å². The zero-order valence-electron chi connectivity index (χ0n) is 10.5. The molecule has 0 aliphatic carbocycles. The molecule has 0 spiro atoms. The summed E-state index contributed by atoms with van der Waals surface area (Å²) in [6.07, 6.45) is 2.22. The third-order valence-electron chi connectivity index (χ3n) is 2.77. The van der Waals surface area contributed by atoms with Crippen LogP contribution in [0.3, 0.4) is 0 Å². The number of nitrogens with one attached hydrogen (secondary N) is 1. The van der Waals surface area contributed by atoms with Crippen molar-refractivity contribution in [3.8, 4) is 11.5 Å². The van der Waals surface area contributed by atoms with Crippen LogP contribution >= 0.6 is 15.9 Å². The van der Waals surface area contributed by atoms with Crippen LogP contribution in [-0.2, 0) is 11.3 Å². The summed E-state index contributed by atoms with van der Waals surface area (Å²) in [5.74, 6) is 1.62. The SMILES string of the molecule is COCCCCNCc1cc(Br)c2c(c1)OCO2. The van der Waals surface area contributed by atoms with E-state index in [1.807, 2.05) is 6.07 Å². The molecule has 0 fully saturated rings. The Morgan fingerprint density at radius 1 is 1.33 bits per heavy atom. The molecule has 0 saturated heterocycles. The monoisotopic (exact) mass is 315 g/mol. The van der Waals surface area contributed by atoms with Gasteiger partial charge >= 0.3 is 0 Å². The van der Waals surface area contributed by atoms with Gasteiger partial charge in [0, 0.05) is 20.3 Å². The minimum Gasteiger partial charge on any atom is -0.454 e. The summed E-state index contributed by atoms with van der Waals surface area (Å²) < 4.78 is 16.7. The fraction of sp³-hybridized carbons (Fsp3) is 0.538. The molecule has 2 rings (SSSR count). The molecule has 1 N–H and O–H groups in total. The molecule has 1 aliphatic rings. The molecule has 1 heterocycles. The molecule has 0 bridgehead atoms. The zero-order valence-corrected chi connectivity index (χ0v) is 12.1. The van der Waals surface area contributed by atoms with Gasteiger partial charge in [-0.25, -0.2) is 0 Å². The van der Waals surface area contributed by atoms with E-state index in [0.717, 1.165) is 48.5 Å². The standard InChI is InChI=1S/C13H18BrNO3/c1-16-5-3-2-4-15-8-10-6-11(14)13-12(7-10)17-9-18-13/h6-7,15H,2-5,8-9H2,1H3. The van der Waals surface area contributed by atoms with Crippen molar-refractivity contribution in [1.82, 2.24) is 5.32 Å². The predicted octanol–water partition coefficient (Wildman–Crippen LogP) is 2.69. The van der Waals surface area contributed by atoms with Gasteiger partial charge in [-0.2, -0.15) is 0 Å². The lowest BCUT2D eigenvalue weighted by Gasteiger charge is -2.07. The molecule has 18 heavy (non-hydrogen) atoms. The average Bonchev–Trinajstić information content (AvgIpc) is 2.82. The van der Waals surface area contributed by atoms with Crippen LogP contribution < -0.4 is 14.8 Å². The minimum atomic E-state index is 0.307. The first-order valence-corrected chi connectivity index (χ1v) is 6.88. The minimum absolute atomic E-state index is 0.307. The highest BCUT2D eigenvalue weighted by molar-refractivity contribution is 9.10. The van der Waals surface area contributed by atoms with Crippen LogP contribution in [0.5, 0.6) is 11.5 Å². The Balaban J connectivity index is 1.78. The first kappa shape index (κ1) is 13.6. The molecule has 1 aromatic rings. The summed E-state index contributed by atoms with van der Waals surface area (Å²) in [7, 11) is 1.73. The summed E-state index contributed by atoms with van der Waals surface area (Å²) in [6, 6.07) is 4.09. The van der Waals surface area contributed by atoms with E-state index in [9.17, 15) is 0 Å². The number of halogens is 1. The second-order valence-corrected chi connectivity index (χ2v) is 5.04. The fourth-order valence-electron chi connectivity index (χ4n) is 1.85. The van der Waals surface area contributed by atoms with E-state index in [2.05, 4.69) is 27.3 Å². The largest absolute Gasteiger partial charge is 0.454 e. The molecule has 1 aliphatic heterocycles. The Labute approximate surface area is 116 Å². The van der Waals surface area contributed by atoms with Gasteiger partial charge in [0.05, 0.1) is 4.47 Å². The van der Waals surface area contributed by atoms with Gasteiger partial charge in [0.15, 0.2) is 11.5 Å². The van der Waals surface area contributed by atoms with Gasteiger partial charge in [0.2, 0.25) is 6.79 Å².